The van der Waals surface area contributed by atoms with Gasteiger partial charge in [-0.05, 0) is 18.9 Å². The van der Waals surface area contributed by atoms with Crippen molar-refractivity contribution in [3.63, 3.8) is 0 Å². The van der Waals surface area contributed by atoms with Crippen molar-refractivity contribution >= 4 is 21.9 Å². The molecule has 0 bridgehead atoms. The van der Waals surface area contributed by atoms with Gasteiger partial charge in [0, 0.05) is 38.8 Å². The van der Waals surface area contributed by atoms with Gasteiger partial charge >= 0.3 is 0 Å². The van der Waals surface area contributed by atoms with Gasteiger partial charge in [0.2, 0.25) is 0 Å². The number of rotatable bonds is 4. The monoisotopic (exact) mass is 350 g/mol. The van der Waals surface area contributed by atoms with E-state index in [9.17, 15) is 0 Å². The van der Waals surface area contributed by atoms with Crippen LogP contribution in [-0.2, 0) is 23.7 Å². The first-order valence-corrected chi connectivity index (χ1v) is 9.31. The maximum absolute atomic E-state index is 6.29. The van der Waals surface area contributed by atoms with E-state index in [0.29, 0.717) is 0 Å². The van der Waals surface area contributed by atoms with E-state index in [-0.39, 0.29) is 10.8 Å². The number of allylic oxidation sites excluding steroid dienone is 2. The molecule has 26 heavy (non-hydrogen) atoms. The van der Waals surface area contributed by atoms with E-state index in [1.54, 1.807) is 0 Å². The van der Waals surface area contributed by atoms with Gasteiger partial charge in [-0.15, -0.1) is 13.2 Å². The first-order valence-electron chi connectivity index (χ1n) is 9.31. The minimum Gasteiger partial charge on any atom is -0.460 e. The van der Waals surface area contributed by atoms with Crippen molar-refractivity contribution in [1.82, 2.24) is 0 Å². The maximum Gasteiger partial charge on any atom is 0.138 e. The highest BCUT2D eigenvalue weighted by atomic mass is 16.3. The molecule has 138 valence electrons. The van der Waals surface area contributed by atoms with Crippen molar-refractivity contribution in [3.8, 4) is 0 Å². The van der Waals surface area contributed by atoms with Crippen LogP contribution in [0.2, 0.25) is 0 Å². The Kier molecular flexibility index (Phi) is 4.42. The van der Waals surface area contributed by atoms with Gasteiger partial charge in [-0.1, -0.05) is 53.7 Å². The van der Waals surface area contributed by atoms with Gasteiger partial charge in [0.25, 0.3) is 0 Å². The van der Waals surface area contributed by atoms with E-state index in [4.69, 9.17) is 8.83 Å². The molecule has 1 aromatic carbocycles. The van der Waals surface area contributed by atoms with Crippen molar-refractivity contribution in [3.05, 3.63) is 60.1 Å². The molecule has 2 heteroatoms. The molecular weight excluding hydrogens is 320 g/mol. The molecule has 3 rings (SSSR count). The average Bonchev–Trinajstić information content (AvgIpc) is 3.05. The van der Waals surface area contributed by atoms with Crippen LogP contribution in [0.5, 0.6) is 0 Å². The summed E-state index contributed by atoms with van der Waals surface area (Å²) in [5.74, 6) is 2.06. The summed E-state index contributed by atoms with van der Waals surface area (Å²) in [5, 5.41) is 2.32. The van der Waals surface area contributed by atoms with Gasteiger partial charge in [-0.2, -0.15) is 0 Å². The standard InChI is InChI=1S/C24H30O2/c1-9-11-15-17-13-18-16(12-10-2)22(24(6,7)8)26-20(18)14-19(17)25-21(15)23(3,4)5/h9-10,13-14H,1-2,11-12H2,3-8H3. The van der Waals surface area contributed by atoms with Crippen LogP contribution in [0.3, 0.4) is 0 Å². The maximum atomic E-state index is 6.29. The lowest BCUT2D eigenvalue weighted by Gasteiger charge is -2.17. The summed E-state index contributed by atoms with van der Waals surface area (Å²) < 4.78 is 12.6. The minimum atomic E-state index is -0.0565. The molecule has 0 fully saturated rings. The zero-order valence-electron chi connectivity index (χ0n) is 17.0. The molecule has 0 N–H and O–H groups in total. The normalized spacial score (nSPS) is 12.8. The molecule has 0 aliphatic carbocycles. The first-order chi connectivity index (χ1) is 12.1. The fourth-order valence-electron chi connectivity index (χ4n) is 3.69. The zero-order chi connectivity index (χ0) is 19.3. The van der Waals surface area contributed by atoms with Crippen LogP contribution in [-0.4, -0.2) is 0 Å². The largest absolute Gasteiger partial charge is 0.460 e. The van der Waals surface area contributed by atoms with Crippen LogP contribution in [0.15, 0.2) is 46.3 Å². The van der Waals surface area contributed by atoms with Gasteiger partial charge in [-0.3, -0.25) is 0 Å². The van der Waals surface area contributed by atoms with Crippen LogP contribution in [0.1, 0.15) is 64.2 Å². The van der Waals surface area contributed by atoms with Gasteiger partial charge in [0.15, 0.2) is 0 Å². The summed E-state index contributed by atoms with van der Waals surface area (Å²) in [6, 6.07) is 4.29. The molecule has 0 saturated heterocycles. The van der Waals surface area contributed by atoms with E-state index in [0.717, 1.165) is 46.3 Å². The highest BCUT2D eigenvalue weighted by molar-refractivity contribution is 5.98. The lowest BCUT2D eigenvalue weighted by Crippen LogP contribution is -2.12. The Labute approximate surface area is 156 Å². The molecule has 0 spiro atoms. The third-order valence-corrected chi connectivity index (χ3v) is 4.76. The molecule has 3 aromatic rings. The molecule has 0 aliphatic rings. The SMILES string of the molecule is C=CCc1c(C(C)(C)C)oc2cc3oc(C(C)(C)C)c(CC=C)c3cc12. The fraction of sp³-hybridized carbons (Fsp3) is 0.417. The van der Waals surface area contributed by atoms with Gasteiger partial charge in [0.05, 0.1) is 0 Å². The summed E-state index contributed by atoms with van der Waals surface area (Å²) in [5.41, 5.74) is 4.12. The number of hydrogen-bond acceptors (Lipinski definition) is 2. The summed E-state index contributed by atoms with van der Waals surface area (Å²) in [4.78, 5) is 0. The average molecular weight is 351 g/mol. The Balaban J connectivity index is 2.38. The van der Waals surface area contributed by atoms with Gasteiger partial charge in [0.1, 0.15) is 22.7 Å². The van der Waals surface area contributed by atoms with E-state index < -0.39 is 0 Å². The molecule has 2 heterocycles. The van der Waals surface area contributed by atoms with Crippen LogP contribution in [0.4, 0.5) is 0 Å². The second-order valence-electron chi connectivity index (χ2n) is 9.15. The molecular formula is C24H30O2. The number of fused-ring (bicyclic) bond motifs is 2. The fourth-order valence-corrected chi connectivity index (χ4v) is 3.69. The smallest absolute Gasteiger partial charge is 0.138 e. The summed E-state index contributed by atoms with van der Waals surface area (Å²) in [6.45, 7) is 21.0. The molecule has 2 aromatic heterocycles. The van der Waals surface area contributed by atoms with Crippen molar-refractivity contribution in [2.75, 3.05) is 0 Å². The van der Waals surface area contributed by atoms with Gasteiger partial charge in [-0.25, -0.2) is 0 Å². The Morgan fingerprint density at radius 1 is 0.731 bits per heavy atom. The van der Waals surface area contributed by atoms with E-state index in [1.807, 2.05) is 18.2 Å². The summed E-state index contributed by atoms with van der Waals surface area (Å²) >= 11 is 0. The number of furan rings is 2. The predicted molar refractivity (Wildman–Crippen MR) is 111 cm³/mol. The predicted octanol–water partition coefficient (Wildman–Crippen LogP) is 7.23. The quantitative estimate of drug-likeness (QED) is 0.464. The molecule has 2 nitrogen and oxygen atoms in total. The van der Waals surface area contributed by atoms with Crippen molar-refractivity contribution in [2.45, 2.75) is 65.2 Å². The van der Waals surface area contributed by atoms with Crippen molar-refractivity contribution in [1.29, 1.82) is 0 Å². The zero-order valence-corrected chi connectivity index (χ0v) is 17.0. The molecule has 0 atom stereocenters. The Morgan fingerprint density at radius 2 is 1.12 bits per heavy atom. The van der Waals surface area contributed by atoms with Crippen LogP contribution >= 0.6 is 0 Å². The van der Waals surface area contributed by atoms with Crippen molar-refractivity contribution < 1.29 is 8.83 Å². The first kappa shape index (κ1) is 18.6. The Hall–Kier alpha value is -2.22. The van der Waals surface area contributed by atoms with Gasteiger partial charge < -0.3 is 8.83 Å². The third kappa shape index (κ3) is 3.02. The van der Waals surface area contributed by atoms with E-state index in [2.05, 4.69) is 60.8 Å². The number of benzene rings is 1. The third-order valence-electron chi connectivity index (χ3n) is 4.76. The lowest BCUT2D eigenvalue weighted by molar-refractivity contribution is 0.421. The summed E-state index contributed by atoms with van der Waals surface area (Å²) in [6.07, 6.45) is 5.49. The van der Waals surface area contributed by atoms with Crippen LogP contribution in [0.25, 0.3) is 21.9 Å². The minimum absolute atomic E-state index is 0.0565. The molecule has 0 radical (unpaired) electrons. The van der Waals surface area contributed by atoms with E-state index in [1.165, 1.54) is 11.1 Å². The van der Waals surface area contributed by atoms with Crippen molar-refractivity contribution in [2.24, 2.45) is 0 Å². The highest BCUT2D eigenvalue weighted by Gasteiger charge is 2.28. The molecule has 0 amide bonds. The van der Waals surface area contributed by atoms with Crippen LogP contribution in [0, 0.1) is 0 Å². The Morgan fingerprint density at radius 3 is 1.42 bits per heavy atom. The van der Waals surface area contributed by atoms with E-state index >= 15 is 0 Å². The highest BCUT2D eigenvalue weighted by Crippen LogP contribution is 2.41. The number of hydrogen-bond donors (Lipinski definition) is 0. The molecule has 0 saturated carbocycles. The molecule has 0 aliphatic heterocycles. The lowest BCUT2D eigenvalue weighted by atomic mass is 9.87. The Bertz CT molecular complexity index is 904. The van der Waals surface area contributed by atoms with Crippen LogP contribution < -0.4 is 0 Å². The topological polar surface area (TPSA) is 26.3 Å². The molecule has 0 unspecified atom stereocenters. The summed E-state index contributed by atoms with van der Waals surface area (Å²) in [7, 11) is 0. The second-order valence-corrected chi connectivity index (χ2v) is 9.15. The second kappa shape index (κ2) is 6.19.